The minimum absolute atomic E-state index is 0.759. The average Bonchev–Trinajstić information content (AvgIpc) is 2.83. The Morgan fingerprint density at radius 1 is 1.20 bits per heavy atom. The van der Waals surface area contributed by atoms with Gasteiger partial charge in [0.2, 0.25) is 0 Å². The highest BCUT2D eigenvalue weighted by Gasteiger charge is 2.08. The molecule has 0 unspecified atom stereocenters. The van der Waals surface area contributed by atoms with Gasteiger partial charge in [-0.25, -0.2) is 4.98 Å². The second-order valence-corrected chi connectivity index (χ2v) is 4.98. The molecule has 0 saturated heterocycles. The van der Waals surface area contributed by atoms with E-state index in [4.69, 9.17) is 10.2 Å². The minimum Gasteiger partial charge on any atom is -0.469 e. The number of aromatic nitrogens is 1. The average molecular weight is 267 g/mol. The zero-order chi connectivity index (χ0) is 14.1. The number of furan rings is 1. The van der Waals surface area contributed by atoms with Crippen LogP contribution in [0.1, 0.15) is 11.3 Å². The number of nitrogens with two attached hydrogens (primary N) is 1. The molecule has 3 rings (SSSR count). The fraction of sp³-hybridized carbons (Fsp3) is 0.188. The van der Waals surface area contributed by atoms with Gasteiger partial charge in [-0.05, 0) is 43.3 Å². The predicted molar refractivity (Wildman–Crippen MR) is 81.7 cm³/mol. The zero-order valence-corrected chi connectivity index (χ0v) is 11.6. The van der Waals surface area contributed by atoms with Crippen molar-refractivity contribution >= 4 is 22.4 Å². The molecule has 0 radical (unpaired) electrons. The van der Waals surface area contributed by atoms with Gasteiger partial charge in [-0.2, -0.15) is 0 Å². The number of nitrogens with zero attached hydrogens (tertiary/aromatic N) is 2. The first-order valence-electron chi connectivity index (χ1n) is 6.54. The Morgan fingerprint density at radius 2 is 2.05 bits per heavy atom. The van der Waals surface area contributed by atoms with Crippen LogP contribution in [0.4, 0.5) is 11.5 Å². The number of benzene rings is 1. The predicted octanol–water partition coefficient (Wildman–Crippen LogP) is 3.35. The molecular formula is C16H17N3O. The van der Waals surface area contributed by atoms with E-state index in [-0.39, 0.29) is 0 Å². The fourth-order valence-electron chi connectivity index (χ4n) is 2.26. The van der Waals surface area contributed by atoms with Crippen LogP contribution in [-0.4, -0.2) is 12.0 Å². The summed E-state index contributed by atoms with van der Waals surface area (Å²) in [6.07, 6.45) is 1.72. The van der Waals surface area contributed by atoms with Crippen molar-refractivity contribution in [1.29, 1.82) is 0 Å². The summed E-state index contributed by atoms with van der Waals surface area (Å²) in [7, 11) is 2.03. The van der Waals surface area contributed by atoms with E-state index in [9.17, 15) is 0 Å². The van der Waals surface area contributed by atoms with Crippen molar-refractivity contribution in [3.63, 3.8) is 0 Å². The van der Waals surface area contributed by atoms with Gasteiger partial charge in [-0.1, -0.05) is 0 Å². The lowest BCUT2D eigenvalue weighted by Crippen LogP contribution is -2.17. The highest BCUT2D eigenvalue weighted by molar-refractivity contribution is 5.83. The molecule has 102 valence electrons. The molecule has 0 aliphatic heterocycles. The van der Waals surface area contributed by atoms with Crippen molar-refractivity contribution < 1.29 is 4.42 Å². The van der Waals surface area contributed by atoms with Crippen LogP contribution in [0.2, 0.25) is 0 Å². The highest BCUT2D eigenvalue weighted by atomic mass is 16.3. The summed E-state index contributed by atoms with van der Waals surface area (Å²) in [6.45, 7) is 2.75. The topological polar surface area (TPSA) is 55.3 Å². The molecular weight excluding hydrogens is 250 g/mol. The van der Waals surface area contributed by atoms with E-state index >= 15 is 0 Å². The van der Waals surface area contributed by atoms with E-state index in [0.29, 0.717) is 0 Å². The molecule has 3 aromatic rings. The number of anilines is 2. The quantitative estimate of drug-likeness (QED) is 0.739. The largest absolute Gasteiger partial charge is 0.469 e. The number of aryl methyl sites for hydroxylation is 1. The van der Waals surface area contributed by atoms with Gasteiger partial charge in [-0.15, -0.1) is 0 Å². The van der Waals surface area contributed by atoms with Crippen molar-refractivity contribution in [3.05, 3.63) is 54.0 Å². The lowest BCUT2D eigenvalue weighted by atomic mass is 10.2. The van der Waals surface area contributed by atoms with Crippen molar-refractivity contribution in [1.82, 2.24) is 4.98 Å². The van der Waals surface area contributed by atoms with Crippen LogP contribution in [-0.2, 0) is 6.54 Å². The maximum absolute atomic E-state index is 5.78. The van der Waals surface area contributed by atoms with E-state index in [1.807, 2.05) is 50.4 Å². The Morgan fingerprint density at radius 3 is 2.80 bits per heavy atom. The molecule has 0 bridgehead atoms. The van der Waals surface area contributed by atoms with E-state index in [0.717, 1.165) is 34.7 Å². The van der Waals surface area contributed by atoms with Crippen LogP contribution in [0.5, 0.6) is 0 Å². The molecule has 4 nitrogen and oxygen atoms in total. The molecule has 0 amide bonds. The summed E-state index contributed by atoms with van der Waals surface area (Å²) >= 11 is 0. The number of hydrogen-bond acceptors (Lipinski definition) is 4. The molecule has 0 atom stereocenters. The Labute approximate surface area is 117 Å². The van der Waals surface area contributed by atoms with Crippen LogP contribution < -0.4 is 10.6 Å². The van der Waals surface area contributed by atoms with E-state index < -0.39 is 0 Å². The molecule has 2 N–H and O–H groups in total. The summed E-state index contributed by atoms with van der Waals surface area (Å²) in [6, 6.07) is 11.8. The summed E-state index contributed by atoms with van der Waals surface area (Å²) in [5.74, 6) is 1.88. The first-order valence-corrected chi connectivity index (χ1v) is 6.54. The summed E-state index contributed by atoms with van der Waals surface area (Å²) in [5.41, 5.74) is 8.66. The van der Waals surface area contributed by atoms with E-state index in [1.165, 1.54) is 5.56 Å². The van der Waals surface area contributed by atoms with E-state index in [1.54, 1.807) is 6.26 Å². The van der Waals surface area contributed by atoms with Gasteiger partial charge >= 0.3 is 0 Å². The molecule has 20 heavy (non-hydrogen) atoms. The maximum atomic E-state index is 5.78. The van der Waals surface area contributed by atoms with Gasteiger partial charge in [0.1, 0.15) is 11.6 Å². The Bertz CT molecular complexity index is 748. The second-order valence-electron chi connectivity index (χ2n) is 4.98. The molecule has 0 aliphatic carbocycles. The fourth-order valence-corrected chi connectivity index (χ4v) is 2.26. The van der Waals surface area contributed by atoms with E-state index in [2.05, 4.69) is 9.88 Å². The minimum atomic E-state index is 0.759. The molecule has 4 heteroatoms. The summed E-state index contributed by atoms with van der Waals surface area (Å²) in [5, 5.41) is 1.06. The van der Waals surface area contributed by atoms with Gasteiger partial charge in [0, 0.05) is 30.2 Å². The van der Waals surface area contributed by atoms with Gasteiger partial charge in [-0.3, -0.25) is 0 Å². The number of nitrogen functional groups attached to an aromatic ring is 1. The van der Waals surface area contributed by atoms with Crippen LogP contribution in [0, 0.1) is 6.92 Å². The summed E-state index contributed by atoms with van der Waals surface area (Å²) in [4.78, 5) is 6.77. The second kappa shape index (κ2) is 4.89. The Kier molecular flexibility index (Phi) is 3.06. The highest BCUT2D eigenvalue weighted by Crippen LogP contribution is 2.21. The van der Waals surface area contributed by atoms with Gasteiger partial charge in [0.15, 0.2) is 0 Å². The lowest BCUT2D eigenvalue weighted by molar-refractivity contribution is 0.529. The zero-order valence-electron chi connectivity index (χ0n) is 11.6. The first-order chi connectivity index (χ1) is 9.63. The van der Waals surface area contributed by atoms with Crippen LogP contribution >= 0.6 is 0 Å². The molecule has 1 aromatic carbocycles. The smallest absolute Gasteiger partial charge is 0.129 e. The SMILES string of the molecule is Cc1occc1CN(C)c1ccc2cc(N)ccc2n1. The van der Waals surface area contributed by atoms with Gasteiger partial charge in [0.05, 0.1) is 11.8 Å². The standard InChI is InChI=1S/C16H17N3O/c1-11-13(7-8-20-11)10-19(2)16-6-3-12-9-14(17)4-5-15(12)18-16/h3-9H,10,17H2,1-2H3. The first kappa shape index (κ1) is 12.5. The van der Waals surface area contributed by atoms with Crippen molar-refractivity contribution in [2.75, 3.05) is 17.7 Å². The Balaban J connectivity index is 1.90. The molecule has 2 aromatic heterocycles. The molecule has 0 aliphatic rings. The van der Waals surface area contributed by atoms with Crippen molar-refractivity contribution in [2.24, 2.45) is 0 Å². The maximum Gasteiger partial charge on any atom is 0.129 e. The Hall–Kier alpha value is -2.49. The monoisotopic (exact) mass is 267 g/mol. The third-order valence-electron chi connectivity index (χ3n) is 3.46. The number of rotatable bonds is 3. The number of pyridine rings is 1. The van der Waals surface area contributed by atoms with Crippen LogP contribution in [0.25, 0.3) is 10.9 Å². The van der Waals surface area contributed by atoms with Crippen LogP contribution in [0.15, 0.2) is 47.1 Å². The third kappa shape index (κ3) is 2.32. The van der Waals surface area contributed by atoms with Gasteiger partial charge in [0.25, 0.3) is 0 Å². The summed E-state index contributed by atoms with van der Waals surface area (Å²) < 4.78 is 5.32. The number of fused-ring (bicyclic) bond motifs is 1. The van der Waals surface area contributed by atoms with Gasteiger partial charge < -0.3 is 15.1 Å². The molecule has 0 spiro atoms. The normalized spacial score (nSPS) is 10.9. The molecule has 0 saturated carbocycles. The molecule has 2 heterocycles. The lowest BCUT2D eigenvalue weighted by Gasteiger charge is -2.18. The molecule has 0 fully saturated rings. The third-order valence-corrected chi connectivity index (χ3v) is 3.46. The van der Waals surface area contributed by atoms with Crippen molar-refractivity contribution in [2.45, 2.75) is 13.5 Å². The van der Waals surface area contributed by atoms with Crippen LogP contribution in [0.3, 0.4) is 0 Å². The van der Waals surface area contributed by atoms with Crippen molar-refractivity contribution in [3.8, 4) is 0 Å². The number of hydrogen-bond donors (Lipinski definition) is 1.